The minimum atomic E-state index is 0.0330. The van der Waals surface area contributed by atoms with E-state index in [0.717, 1.165) is 57.5 Å². The molecule has 0 amide bonds. The normalized spacial score (nSPS) is 17.9. The smallest absolute Gasteiger partial charge is 0.142 e. The number of aromatic nitrogens is 1. The van der Waals surface area contributed by atoms with E-state index in [-0.39, 0.29) is 5.75 Å². The van der Waals surface area contributed by atoms with E-state index in [1.807, 2.05) is 6.07 Å². The molecule has 2 heterocycles. The molecule has 0 spiro atoms. The molecule has 2 N–H and O–H groups in total. The van der Waals surface area contributed by atoms with Crippen molar-refractivity contribution in [1.29, 1.82) is 0 Å². The molecule has 1 aromatic rings. The first-order chi connectivity index (χ1) is 9.69. The summed E-state index contributed by atoms with van der Waals surface area (Å²) < 4.78 is 0. The Balaban J connectivity index is 1.80. The molecule has 6 nitrogen and oxygen atoms in total. The third-order valence-electron chi connectivity index (χ3n) is 3.64. The van der Waals surface area contributed by atoms with Crippen LogP contribution in [0.1, 0.15) is 17.8 Å². The fraction of sp³-hybridized carbons (Fsp3) is 0.571. The molecule has 0 bridgehead atoms. The van der Waals surface area contributed by atoms with E-state index >= 15 is 0 Å². The van der Waals surface area contributed by atoms with Gasteiger partial charge in [-0.25, -0.2) is 4.98 Å². The fourth-order valence-corrected chi connectivity index (χ4v) is 2.35. The third kappa shape index (κ3) is 4.18. The molecule has 1 saturated heterocycles. The molecule has 0 radical (unpaired) electrons. The first kappa shape index (κ1) is 14.7. The lowest BCUT2D eigenvalue weighted by molar-refractivity contribution is 0.153. The molecule has 0 atom stereocenters. The van der Waals surface area contributed by atoms with E-state index < -0.39 is 0 Å². The number of oxime groups is 1. The zero-order valence-corrected chi connectivity index (χ0v) is 11.9. The number of rotatable bonds is 5. The molecule has 20 heavy (non-hydrogen) atoms. The summed E-state index contributed by atoms with van der Waals surface area (Å²) in [6, 6.07) is 3.41. The van der Waals surface area contributed by atoms with Crippen LogP contribution in [0.4, 0.5) is 0 Å². The zero-order chi connectivity index (χ0) is 14.4. The zero-order valence-electron chi connectivity index (χ0n) is 11.9. The van der Waals surface area contributed by atoms with Crippen molar-refractivity contribution in [2.75, 3.05) is 39.8 Å². The van der Waals surface area contributed by atoms with Gasteiger partial charge in [-0.2, -0.15) is 0 Å². The van der Waals surface area contributed by atoms with Gasteiger partial charge in [0, 0.05) is 31.9 Å². The van der Waals surface area contributed by atoms with Crippen molar-refractivity contribution in [1.82, 2.24) is 14.8 Å². The molecular weight excluding hydrogens is 256 g/mol. The highest BCUT2D eigenvalue weighted by molar-refractivity contribution is 5.80. The summed E-state index contributed by atoms with van der Waals surface area (Å²) >= 11 is 0. The predicted molar refractivity (Wildman–Crippen MR) is 77.5 cm³/mol. The van der Waals surface area contributed by atoms with Gasteiger partial charge >= 0.3 is 0 Å². The predicted octanol–water partition coefficient (Wildman–Crippen LogP) is 0.775. The van der Waals surface area contributed by atoms with Gasteiger partial charge in [0.15, 0.2) is 0 Å². The molecule has 1 fully saturated rings. The summed E-state index contributed by atoms with van der Waals surface area (Å²) in [5.74, 6) is 0.0330. The maximum Gasteiger partial charge on any atom is 0.142 e. The second-order valence-electron chi connectivity index (χ2n) is 5.20. The van der Waals surface area contributed by atoms with Crippen molar-refractivity contribution in [2.45, 2.75) is 12.8 Å². The summed E-state index contributed by atoms with van der Waals surface area (Å²) in [6.07, 6.45) is 3.05. The van der Waals surface area contributed by atoms with Gasteiger partial charge in [0.25, 0.3) is 0 Å². The van der Waals surface area contributed by atoms with Crippen LogP contribution in [-0.4, -0.2) is 71.1 Å². The SMILES string of the molecule is CN1CCN(CCCc2ccc(O)c(/C=N/O)n2)CC1. The van der Waals surface area contributed by atoms with Crippen molar-refractivity contribution in [3.63, 3.8) is 0 Å². The number of aryl methyl sites for hydroxylation is 1. The van der Waals surface area contributed by atoms with Crippen molar-refractivity contribution in [3.8, 4) is 5.75 Å². The molecule has 1 aliphatic heterocycles. The molecule has 2 rings (SSSR count). The van der Waals surface area contributed by atoms with Crippen LogP contribution in [0.3, 0.4) is 0 Å². The Labute approximate surface area is 119 Å². The van der Waals surface area contributed by atoms with Crippen LogP contribution >= 0.6 is 0 Å². The number of piperazine rings is 1. The maximum absolute atomic E-state index is 9.54. The van der Waals surface area contributed by atoms with Crippen molar-refractivity contribution in [3.05, 3.63) is 23.5 Å². The van der Waals surface area contributed by atoms with Gasteiger partial charge in [-0.15, -0.1) is 0 Å². The highest BCUT2D eigenvalue weighted by atomic mass is 16.4. The van der Waals surface area contributed by atoms with Gasteiger partial charge in [0.1, 0.15) is 11.4 Å². The van der Waals surface area contributed by atoms with Gasteiger partial charge in [-0.1, -0.05) is 5.16 Å². The summed E-state index contributed by atoms with van der Waals surface area (Å²) in [7, 11) is 2.15. The van der Waals surface area contributed by atoms with Gasteiger partial charge < -0.3 is 20.1 Å². The second kappa shape index (κ2) is 7.21. The van der Waals surface area contributed by atoms with E-state index in [1.54, 1.807) is 6.07 Å². The Bertz CT molecular complexity index is 456. The topological polar surface area (TPSA) is 72.2 Å². The Hall–Kier alpha value is -1.66. The Kier molecular flexibility index (Phi) is 5.31. The number of likely N-dealkylation sites (N-methyl/N-ethyl adjacent to an activating group) is 1. The number of nitrogens with zero attached hydrogens (tertiary/aromatic N) is 4. The molecule has 1 aromatic heterocycles. The van der Waals surface area contributed by atoms with Crippen LogP contribution in [0, 0.1) is 0 Å². The lowest BCUT2D eigenvalue weighted by Crippen LogP contribution is -2.44. The molecule has 0 saturated carbocycles. The Morgan fingerprint density at radius 1 is 1.30 bits per heavy atom. The van der Waals surface area contributed by atoms with E-state index in [9.17, 15) is 5.11 Å². The lowest BCUT2D eigenvalue weighted by atomic mass is 10.2. The Morgan fingerprint density at radius 3 is 2.75 bits per heavy atom. The number of aromatic hydroxyl groups is 1. The van der Waals surface area contributed by atoms with Crippen LogP contribution < -0.4 is 0 Å². The molecule has 0 aromatic carbocycles. The minimum absolute atomic E-state index is 0.0330. The van der Waals surface area contributed by atoms with Crippen LogP contribution in [0.2, 0.25) is 0 Å². The molecule has 110 valence electrons. The van der Waals surface area contributed by atoms with Crippen LogP contribution in [0.15, 0.2) is 17.3 Å². The fourth-order valence-electron chi connectivity index (χ4n) is 2.35. The quantitative estimate of drug-likeness (QED) is 0.473. The standard InChI is InChI=1S/C14H22N4O2/c1-17-7-9-18(10-8-17)6-2-3-12-4-5-14(19)13(16-12)11-15-20/h4-5,11,19-20H,2-3,6-10H2,1H3/b15-11+. The summed E-state index contributed by atoms with van der Waals surface area (Å²) in [5, 5.41) is 21.0. The van der Waals surface area contributed by atoms with Crippen LogP contribution in [0.25, 0.3) is 0 Å². The van der Waals surface area contributed by atoms with Crippen molar-refractivity contribution in [2.24, 2.45) is 5.16 Å². The van der Waals surface area contributed by atoms with E-state index in [2.05, 4.69) is 27.0 Å². The minimum Gasteiger partial charge on any atom is -0.506 e. The van der Waals surface area contributed by atoms with Crippen molar-refractivity contribution >= 4 is 6.21 Å². The first-order valence-electron chi connectivity index (χ1n) is 6.96. The van der Waals surface area contributed by atoms with E-state index in [1.165, 1.54) is 0 Å². The lowest BCUT2D eigenvalue weighted by Gasteiger charge is -2.32. The van der Waals surface area contributed by atoms with Gasteiger partial charge in [0.2, 0.25) is 0 Å². The number of hydrogen-bond acceptors (Lipinski definition) is 6. The average molecular weight is 278 g/mol. The summed E-state index contributed by atoms with van der Waals surface area (Å²) in [4.78, 5) is 9.09. The monoisotopic (exact) mass is 278 g/mol. The Morgan fingerprint density at radius 2 is 2.05 bits per heavy atom. The van der Waals surface area contributed by atoms with Gasteiger partial charge in [0.05, 0.1) is 6.21 Å². The maximum atomic E-state index is 9.54. The first-order valence-corrected chi connectivity index (χ1v) is 6.96. The third-order valence-corrected chi connectivity index (χ3v) is 3.64. The molecule has 1 aliphatic rings. The van der Waals surface area contributed by atoms with E-state index in [4.69, 9.17) is 5.21 Å². The molecular formula is C14H22N4O2. The average Bonchev–Trinajstić information content (AvgIpc) is 2.45. The molecule has 6 heteroatoms. The van der Waals surface area contributed by atoms with Crippen LogP contribution in [-0.2, 0) is 6.42 Å². The summed E-state index contributed by atoms with van der Waals surface area (Å²) in [6.45, 7) is 5.59. The van der Waals surface area contributed by atoms with Crippen molar-refractivity contribution < 1.29 is 10.3 Å². The number of hydrogen-bond donors (Lipinski definition) is 2. The highest BCUT2D eigenvalue weighted by Crippen LogP contribution is 2.14. The summed E-state index contributed by atoms with van der Waals surface area (Å²) in [5.41, 5.74) is 1.22. The van der Waals surface area contributed by atoms with Crippen LogP contribution in [0.5, 0.6) is 5.75 Å². The second-order valence-corrected chi connectivity index (χ2v) is 5.20. The molecule has 0 unspecified atom stereocenters. The van der Waals surface area contributed by atoms with E-state index in [0.29, 0.717) is 5.69 Å². The number of pyridine rings is 1. The largest absolute Gasteiger partial charge is 0.506 e. The van der Waals surface area contributed by atoms with Gasteiger partial charge in [-0.3, -0.25) is 0 Å². The molecule has 0 aliphatic carbocycles. The van der Waals surface area contributed by atoms with Gasteiger partial charge in [-0.05, 0) is 38.6 Å². The highest BCUT2D eigenvalue weighted by Gasteiger charge is 2.13.